The first-order valence-electron chi connectivity index (χ1n) is 10.6. The molecule has 2 aromatic rings. The molecule has 1 aliphatic heterocycles. The van der Waals surface area contributed by atoms with Crippen LogP contribution in [0.15, 0.2) is 23.7 Å². The summed E-state index contributed by atoms with van der Waals surface area (Å²) in [5.41, 5.74) is 2.55. The van der Waals surface area contributed by atoms with E-state index in [4.69, 9.17) is 19.8 Å². The van der Waals surface area contributed by atoms with Crippen LogP contribution in [0.2, 0.25) is 0 Å². The lowest BCUT2D eigenvalue weighted by atomic mass is 10.2. The van der Waals surface area contributed by atoms with Gasteiger partial charge in [0.1, 0.15) is 5.82 Å². The topological polar surface area (TPSA) is 107 Å². The number of alkyl halides is 6. The molecule has 2 N–H and O–H groups in total. The number of hydrogen-bond donors (Lipinski definition) is 2. The molecule has 0 radical (unpaired) electrons. The lowest BCUT2D eigenvalue weighted by Crippen LogP contribution is -2.33. The number of rotatable bonds is 4. The van der Waals surface area contributed by atoms with Crippen molar-refractivity contribution in [1.29, 1.82) is 0 Å². The maximum Gasteiger partial charge on any atom is 0.490 e. The van der Waals surface area contributed by atoms with Crippen molar-refractivity contribution in [2.45, 2.75) is 45.2 Å². The summed E-state index contributed by atoms with van der Waals surface area (Å²) in [5, 5.41) is 17.6. The van der Waals surface area contributed by atoms with Gasteiger partial charge in [0.25, 0.3) is 0 Å². The fourth-order valence-corrected chi connectivity index (χ4v) is 3.76. The molecule has 0 bridgehead atoms. The van der Waals surface area contributed by atoms with Gasteiger partial charge in [-0.3, -0.25) is 4.90 Å². The normalized spacial score (nSPS) is 16.0. The predicted octanol–water partition coefficient (Wildman–Crippen LogP) is 4.35. The fraction of sp³-hybridized carbons (Fsp3) is 0.524. The van der Waals surface area contributed by atoms with Gasteiger partial charge in [0.05, 0.1) is 10.7 Å². The van der Waals surface area contributed by atoms with Crippen molar-refractivity contribution in [1.82, 2.24) is 14.9 Å². The highest BCUT2D eigenvalue weighted by Crippen LogP contribution is 2.33. The third-order valence-electron chi connectivity index (χ3n) is 4.96. The second-order valence-corrected chi connectivity index (χ2v) is 9.11. The Labute approximate surface area is 206 Å². The average molecular weight is 543 g/mol. The number of thiazole rings is 1. The van der Waals surface area contributed by atoms with Crippen LogP contribution in [-0.2, 0) is 22.7 Å². The van der Waals surface area contributed by atoms with Crippen molar-refractivity contribution in [3.05, 3.63) is 40.0 Å². The monoisotopic (exact) mass is 542 g/mol. The van der Waals surface area contributed by atoms with Gasteiger partial charge >= 0.3 is 24.3 Å². The van der Waals surface area contributed by atoms with E-state index < -0.39 is 24.3 Å². The van der Waals surface area contributed by atoms with Crippen LogP contribution in [0.5, 0.6) is 0 Å². The minimum absolute atomic E-state index is 0.891. The van der Waals surface area contributed by atoms with Crippen molar-refractivity contribution in [3.63, 3.8) is 0 Å². The van der Waals surface area contributed by atoms with Crippen LogP contribution in [0.3, 0.4) is 0 Å². The van der Waals surface area contributed by atoms with Gasteiger partial charge < -0.3 is 15.1 Å². The summed E-state index contributed by atoms with van der Waals surface area (Å²) >= 11 is 1.74. The predicted molar refractivity (Wildman–Crippen MR) is 118 cm³/mol. The zero-order valence-electron chi connectivity index (χ0n) is 19.0. The number of aromatic nitrogens is 2. The molecule has 1 saturated carbocycles. The van der Waals surface area contributed by atoms with E-state index in [1.807, 2.05) is 6.20 Å². The number of carboxylic acid groups (broad SMARTS) is 2. The molecule has 8 nitrogen and oxygen atoms in total. The van der Waals surface area contributed by atoms with Crippen LogP contribution >= 0.6 is 11.3 Å². The van der Waals surface area contributed by atoms with E-state index in [1.165, 1.54) is 36.5 Å². The molecule has 2 aliphatic rings. The molecule has 0 aromatic carbocycles. The van der Waals surface area contributed by atoms with E-state index in [0.29, 0.717) is 0 Å². The second kappa shape index (κ2) is 12.3. The standard InChI is InChI=1S/C17H22N4S.2C2HF3O2/c1-13-19-16(12-22-13)11-20-7-8-21(9-14-4-5-14)17-15(10-20)3-2-6-18-17;2*3-2(4,5)1(6)7/h2-3,6,12,14H,4-5,7-11H2,1H3;2*(H,6,7). The van der Waals surface area contributed by atoms with Gasteiger partial charge in [-0.05, 0) is 31.7 Å². The minimum atomic E-state index is -5.08. The van der Waals surface area contributed by atoms with E-state index in [1.54, 1.807) is 11.3 Å². The van der Waals surface area contributed by atoms with Gasteiger partial charge in [0.15, 0.2) is 0 Å². The SMILES string of the molecule is Cc1nc(CN2CCN(CC3CC3)c3ncccc3C2)cs1.O=C(O)C(F)(F)F.O=C(O)C(F)(F)F. The molecule has 0 atom stereocenters. The lowest BCUT2D eigenvalue weighted by Gasteiger charge is -2.23. The number of carbonyl (C=O) groups is 2. The Morgan fingerprint density at radius 1 is 1.08 bits per heavy atom. The summed E-state index contributed by atoms with van der Waals surface area (Å²) in [5.74, 6) is -3.42. The largest absolute Gasteiger partial charge is 0.490 e. The molecule has 0 amide bonds. The molecule has 200 valence electrons. The van der Waals surface area contributed by atoms with E-state index in [0.717, 1.165) is 37.1 Å². The van der Waals surface area contributed by atoms with Crippen molar-refractivity contribution >= 4 is 29.1 Å². The van der Waals surface area contributed by atoms with Gasteiger partial charge in [-0.2, -0.15) is 26.3 Å². The highest BCUT2D eigenvalue weighted by molar-refractivity contribution is 7.09. The van der Waals surface area contributed by atoms with Crippen LogP contribution in [0.1, 0.15) is 29.1 Å². The zero-order chi connectivity index (χ0) is 27.1. The molecule has 2 aromatic heterocycles. The van der Waals surface area contributed by atoms with E-state index in [2.05, 4.69) is 44.2 Å². The molecular formula is C21H24F6N4O4S. The van der Waals surface area contributed by atoms with Crippen LogP contribution in [0.25, 0.3) is 0 Å². The Balaban J connectivity index is 0.000000271. The number of hydrogen-bond acceptors (Lipinski definition) is 7. The van der Waals surface area contributed by atoms with Gasteiger partial charge in [-0.15, -0.1) is 11.3 Å². The number of halogens is 6. The number of anilines is 1. The molecule has 0 spiro atoms. The van der Waals surface area contributed by atoms with E-state index >= 15 is 0 Å². The van der Waals surface area contributed by atoms with Gasteiger partial charge in [0.2, 0.25) is 0 Å². The van der Waals surface area contributed by atoms with E-state index in [9.17, 15) is 26.3 Å². The Hall–Kier alpha value is -2.94. The molecule has 0 unspecified atom stereocenters. The summed E-state index contributed by atoms with van der Waals surface area (Å²) < 4.78 is 63.5. The quantitative estimate of drug-likeness (QED) is 0.550. The first kappa shape index (κ1) is 29.3. The maximum absolute atomic E-state index is 10.6. The summed E-state index contributed by atoms with van der Waals surface area (Å²) in [4.78, 5) is 32.1. The molecular weight excluding hydrogens is 518 g/mol. The Morgan fingerprint density at radius 3 is 2.14 bits per heavy atom. The number of pyridine rings is 1. The van der Waals surface area contributed by atoms with Gasteiger partial charge in [0, 0.05) is 49.9 Å². The van der Waals surface area contributed by atoms with Crippen molar-refractivity contribution < 1.29 is 46.1 Å². The summed E-state index contributed by atoms with van der Waals surface area (Å²) in [7, 11) is 0. The molecule has 36 heavy (non-hydrogen) atoms. The highest BCUT2D eigenvalue weighted by Gasteiger charge is 2.38. The Morgan fingerprint density at radius 2 is 1.67 bits per heavy atom. The number of aryl methyl sites for hydroxylation is 1. The van der Waals surface area contributed by atoms with Crippen LogP contribution in [0, 0.1) is 12.8 Å². The van der Waals surface area contributed by atoms with Crippen LogP contribution in [-0.4, -0.2) is 69.0 Å². The lowest BCUT2D eigenvalue weighted by molar-refractivity contribution is -0.193. The number of nitrogens with zero attached hydrogens (tertiary/aromatic N) is 4. The third-order valence-corrected chi connectivity index (χ3v) is 5.78. The number of carboxylic acids is 2. The first-order chi connectivity index (χ1) is 16.7. The summed E-state index contributed by atoms with van der Waals surface area (Å²) in [6, 6.07) is 4.29. The second-order valence-electron chi connectivity index (χ2n) is 8.05. The summed E-state index contributed by atoms with van der Waals surface area (Å²) in [6.45, 7) is 7.32. The van der Waals surface area contributed by atoms with Gasteiger partial charge in [-0.1, -0.05) is 6.07 Å². The molecule has 1 aliphatic carbocycles. The average Bonchev–Trinajstić information content (AvgIpc) is 3.52. The smallest absolute Gasteiger partial charge is 0.475 e. The zero-order valence-corrected chi connectivity index (χ0v) is 19.8. The number of fused-ring (bicyclic) bond motifs is 1. The number of aliphatic carboxylic acids is 2. The Kier molecular flexibility index (Phi) is 10.0. The van der Waals surface area contributed by atoms with E-state index in [-0.39, 0.29) is 0 Å². The van der Waals surface area contributed by atoms with Crippen LogP contribution in [0.4, 0.5) is 32.2 Å². The minimum Gasteiger partial charge on any atom is -0.475 e. The van der Waals surface area contributed by atoms with Crippen molar-refractivity contribution in [2.24, 2.45) is 5.92 Å². The Bertz CT molecular complexity index is 1000. The molecule has 4 rings (SSSR count). The van der Waals surface area contributed by atoms with Gasteiger partial charge in [-0.25, -0.2) is 19.6 Å². The molecule has 1 fully saturated rings. The van der Waals surface area contributed by atoms with Crippen molar-refractivity contribution in [3.8, 4) is 0 Å². The molecule has 3 heterocycles. The molecule has 15 heteroatoms. The highest BCUT2D eigenvalue weighted by atomic mass is 32.1. The third kappa shape index (κ3) is 9.97. The van der Waals surface area contributed by atoms with Crippen molar-refractivity contribution in [2.75, 3.05) is 24.5 Å². The first-order valence-corrected chi connectivity index (χ1v) is 11.5. The fourth-order valence-electron chi connectivity index (χ4n) is 3.16. The van der Waals surface area contributed by atoms with Crippen LogP contribution < -0.4 is 4.90 Å². The maximum atomic E-state index is 10.6. The molecule has 0 saturated heterocycles. The summed E-state index contributed by atoms with van der Waals surface area (Å²) in [6.07, 6.45) is -5.46.